The molecule has 1 amide bonds. The zero-order valence-electron chi connectivity index (χ0n) is 19.2. The predicted octanol–water partition coefficient (Wildman–Crippen LogP) is 6.26. The Balaban J connectivity index is 1.56. The molecule has 0 unspecified atom stereocenters. The number of rotatable bonds is 7. The molecule has 0 fully saturated rings. The fourth-order valence-electron chi connectivity index (χ4n) is 3.44. The van der Waals surface area contributed by atoms with Gasteiger partial charge in [-0.05, 0) is 55.0 Å². The van der Waals surface area contributed by atoms with Crippen molar-refractivity contribution in [2.24, 2.45) is 0 Å². The Kier molecular flexibility index (Phi) is 7.44. The molecule has 0 atom stereocenters. The standard InChI is InChI=1S/C25H21Cl2N5O3S/c1-15-14-28-25(31-23(15)17-9-11-18(12-10-17)29-16(2)33)30-19-5-3-6-20(13-19)32-36(34,35)24-21(26)7-4-8-22(24)27/h3-14,32H,1-2H3,(H,29,33)(H,28,30,31). The highest BCUT2D eigenvalue weighted by Crippen LogP contribution is 2.31. The summed E-state index contributed by atoms with van der Waals surface area (Å²) in [4.78, 5) is 20.0. The van der Waals surface area contributed by atoms with Gasteiger partial charge in [0.2, 0.25) is 11.9 Å². The number of carbonyl (C=O) groups is 1. The lowest BCUT2D eigenvalue weighted by Crippen LogP contribution is -2.14. The third-order valence-corrected chi connectivity index (χ3v) is 7.34. The average molecular weight is 542 g/mol. The summed E-state index contributed by atoms with van der Waals surface area (Å²) < 4.78 is 28.3. The van der Waals surface area contributed by atoms with E-state index in [4.69, 9.17) is 23.2 Å². The summed E-state index contributed by atoms with van der Waals surface area (Å²) >= 11 is 12.2. The third-order valence-electron chi connectivity index (χ3n) is 5.01. The quantitative estimate of drug-likeness (QED) is 0.254. The highest BCUT2D eigenvalue weighted by atomic mass is 35.5. The van der Waals surface area contributed by atoms with Gasteiger partial charge in [-0.1, -0.05) is 47.5 Å². The van der Waals surface area contributed by atoms with E-state index in [1.165, 1.54) is 19.1 Å². The Bertz CT molecular complexity index is 1520. The highest BCUT2D eigenvalue weighted by Gasteiger charge is 2.21. The number of hydrogen-bond donors (Lipinski definition) is 3. The lowest BCUT2D eigenvalue weighted by molar-refractivity contribution is -0.114. The van der Waals surface area contributed by atoms with Gasteiger partial charge in [0.25, 0.3) is 10.0 Å². The lowest BCUT2D eigenvalue weighted by Gasteiger charge is -2.13. The van der Waals surface area contributed by atoms with Crippen molar-refractivity contribution in [3.05, 3.63) is 88.5 Å². The van der Waals surface area contributed by atoms with Crippen LogP contribution in [0.5, 0.6) is 0 Å². The molecule has 11 heteroatoms. The zero-order chi connectivity index (χ0) is 25.9. The monoisotopic (exact) mass is 541 g/mol. The highest BCUT2D eigenvalue weighted by molar-refractivity contribution is 7.93. The van der Waals surface area contributed by atoms with E-state index >= 15 is 0 Å². The SMILES string of the molecule is CC(=O)Nc1ccc(-c2nc(Nc3cccc(NS(=O)(=O)c4c(Cl)cccc4Cl)c3)ncc2C)cc1. The Morgan fingerprint density at radius 3 is 2.19 bits per heavy atom. The van der Waals surface area contributed by atoms with Crippen LogP contribution in [0, 0.1) is 6.92 Å². The number of nitrogens with one attached hydrogen (secondary N) is 3. The van der Waals surface area contributed by atoms with Crippen LogP contribution in [0.3, 0.4) is 0 Å². The van der Waals surface area contributed by atoms with Crippen molar-refractivity contribution in [1.82, 2.24) is 9.97 Å². The molecule has 0 saturated carbocycles. The summed E-state index contributed by atoms with van der Waals surface area (Å²) in [6.07, 6.45) is 1.69. The van der Waals surface area contributed by atoms with Gasteiger partial charge in [0, 0.05) is 30.1 Å². The molecule has 36 heavy (non-hydrogen) atoms. The van der Waals surface area contributed by atoms with Gasteiger partial charge in [0.15, 0.2) is 0 Å². The van der Waals surface area contributed by atoms with Crippen molar-refractivity contribution >= 4 is 62.1 Å². The van der Waals surface area contributed by atoms with Crippen molar-refractivity contribution in [2.75, 3.05) is 15.4 Å². The fraction of sp³-hybridized carbons (Fsp3) is 0.0800. The van der Waals surface area contributed by atoms with Crippen molar-refractivity contribution in [3.8, 4) is 11.3 Å². The molecule has 1 aromatic heterocycles. The number of aromatic nitrogens is 2. The van der Waals surface area contributed by atoms with E-state index < -0.39 is 10.0 Å². The van der Waals surface area contributed by atoms with Gasteiger partial charge in [0.1, 0.15) is 4.90 Å². The largest absolute Gasteiger partial charge is 0.326 e. The molecule has 0 radical (unpaired) electrons. The van der Waals surface area contributed by atoms with Crippen LogP contribution < -0.4 is 15.4 Å². The summed E-state index contributed by atoms with van der Waals surface area (Å²) in [6.45, 7) is 3.35. The maximum atomic E-state index is 12.9. The number of anilines is 4. The molecule has 0 aliphatic rings. The van der Waals surface area contributed by atoms with Gasteiger partial charge < -0.3 is 10.6 Å². The van der Waals surface area contributed by atoms with Crippen molar-refractivity contribution < 1.29 is 13.2 Å². The van der Waals surface area contributed by atoms with E-state index in [9.17, 15) is 13.2 Å². The third kappa shape index (κ3) is 5.93. The summed E-state index contributed by atoms with van der Waals surface area (Å²) in [5.41, 5.74) is 3.99. The number of halogens is 2. The van der Waals surface area contributed by atoms with E-state index in [2.05, 4.69) is 25.3 Å². The molecule has 0 saturated heterocycles. The van der Waals surface area contributed by atoms with Crippen LogP contribution in [-0.4, -0.2) is 24.3 Å². The van der Waals surface area contributed by atoms with E-state index in [1.807, 2.05) is 19.1 Å². The van der Waals surface area contributed by atoms with Gasteiger partial charge in [-0.25, -0.2) is 18.4 Å². The van der Waals surface area contributed by atoms with Gasteiger partial charge >= 0.3 is 0 Å². The van der Waals surface area contributed by atoms with Crippen molar-refractivity contribution in [2.45, 2.75) is 18.7 Å². The summed E-state index contributed by atoms with van der Waals surface area (Å²) in [5.74, 6) is 0.183. The minimum Gasteiger partial charge on any atom is -0.326 e. The molecule has 3 N–H and O–H groups in total. The minimum absolute atomic E-state index is 0.0231. The lowest BCUT2D eigenvalue weighted by atomic mass is 10.1. The first kappa shape index (κ1) is 25.4. The molecule has 4 rings (SSSR count). The zero-order valence-corrected chi connectivity index (χ0v) is 21.5. The van der Waals surface area contributed by atoms with E-state index in [-0.39, 0.29) is 20.8 Å². The molecule has 1 heterocycles. The second-order valence-corrected chi connectivity index (χ2v) is 10.3. The predicted molar refractivity (Wildman–Crippen MR) is 144 cm³/mol. The molecular weight excluding hydrogens is 521 g/mol. The molecule has 0 bridgehead atoms. The van der Waals surface area contributed by atoms with Gasteiger partial charge in [-0.2, -0.15) is 0 Å². The summed E-state index contributed by atoms with van der Waals surface area (Å²) in [5, 5.41) is 5.88. The van der Waals surface area contributed by atoms with Crippen molar-refractivity contribution in [1.29, 1.82) is 0 Å². The molecule has 184 valence electrons. The van der Waals surface area contributed by atoms with Crippen LogP contribution in [0.4, 0.5) is 23.0 Å². The Hall–Kier alpha value is -3.66. The second-order valence-electron chi connectivity index (χ2n) is 7.85. The van der Waals surface area contributed by atoms with E-state index in [1.54, 1.807) is 48.7 Å². The Labute approximate surface area is 218 Å². The first-order valence-electron chi connectivity index (χ1n) is 10.7. The molecule has 0 aliphatic carbocycles. The van der Waals surface area contributed by atoms with Crippen LogP contribution in [-0.2, 0) is 14.8 Å². The Morgan fingerprint density at radius 1 is 0.889 bits per heavy atom. The minimum atomic E-state index is -4.02. The number of aryl methyl sites for hydroxylation is 1. The normalized spacial score (nSPS) is 11.1. The summed E-state index contributed by atoms with van der Waals surface area (Å²) in [6, 6.07) is 18.5. The number of carbonyl (C=O) groups excluding carboxylic acids is 1. The van der Waals surface area contributed by atoms with Crippen molar-refractivity contribution in [3.63, 3.8) is 0 Å². The first-order valence-corrected chi connectivity index (χ1v) is 12.9. The molecular formula is C25H21Cl2N5O3S. The smallest absolute Gasteiger partial charge is 0.264 e. The van der Waals surface area contributed by atoms with Crippen LogP contribution in [0.1, 0.15) is 12.5 Å². The van der Waals surface area contributed by atoms with Crippen LogP contribution in [0.25, 0.3) is 11.3 Å². The summed E-state index contributed by atoms with van der Waals surface area (Å²) in [7, 11) is -4.02. The topological polar surface area (TPSA) is 113 Å². The van der Waals surface area contributed by atoms with Gasteiger partial charge in [-0.15, -0.1) is 0 Å². The molecule has 0 aliphatic heterocycles. The molecule has 0 spiro atoms. The number of sulfonamides is 1. The first-order chi connectivity index (χ1) is 17.1. The number of hydrogen-bond acceptors (Lipinski definition) is 6. The van der Waals surface area contributed by atoms with E-state index in [0.29, 0.717) is 28.7 Å². The van der Waals surface area contributed by atoms with Gasteiger partial charge in [-0.3, -0.25) is 9.52 Å². The van der Waals surface area contributed by atoms with Gasteiger partial charge in [0.05, 0.1) is 21.4 Å². The number of benzene rings is 3. The molecule has 4 aromatic rings. The number of nitrogens with zero attached hydrogens (tertiary/aromatic N) is 2. The molecule has 3 aromatic carbocycles. The van der Waals surface area contributed by atoms with E-state index in [0.717, 1.165) is 11.1 Å². The number of amides is 1. The Morgan fingerprint density at radius 2 is 1.53 bits per heavy atom. The fourth-order valence-corrected chi connectivity index (χ4v) is 5.64. The average Bonchev–Trinajstić information content (AvgIpc) is 2.80. The molecule has 8 nitrogen and oxygen atoms in total. The maximum absolute atomic E-state index is 12.9. The maximum Gasteiger partial charge on any atom is 0.264 e. The van der Waals surface area contributed by atoms with Crippen LogP contribution in [0.15, 0.2) is 77.8 Å². The second kappa shape index (κ2) is 10.5. The van der Waals surface area contributed by atoms with Crippen LogP contribution >= 0.6 is 23.2 Å². The van der Waals surface area contributed by atoms with Crippen LogP contribution in [0.2, 0.25) is 10.0 Å².